The predicted molar refractivity (Wildman–Crippen MR) is 73.2 cm³/mol. The maximum atomic E-state index is 9.10. The second kappa shape index (κ2) is 7.09. The van der Waals surface area contributed by atoms with E-state index in [9.17, 15) is 0 Å². The topological polar surface area (TPSA) is 49.5 Å². The molecule has 0 amide bonds. The smallest absolute Gasteiger partial charge is 0.0606 e. The molecule has 0 aliphatic carbocycles. The third-order valence-electron chi connectivity index (χ3n) is 2.84. The number of nitrogens with two attached hydrogens (primary N) is 1. The van der Waals surface area contributed by atoms with Gasteiger partial charge in [-0.15, -0.1) is 6.58 Å². The Morgan fingerprint density at radius 3 is 2.76 bits per heavy atom. The molecule has 1 rings (SSSR count). The van der Waals surface area contributed by atoms with Gasteiger partial charge in [0.25, 0.3) is 0 Å². The van der Waals surface area contributed by atoms with E-state index in [4.69, 9.17) is 10.8 Å². The summed E-state index contributed by atoms with van der Waals surface area (Å²) < 4.78 is 0. The highest BCUT2D eigenvalue weighted by atomic mass is 16.3. The van der Waals surface area contributed by atoms with Gasteiger partial charge in [-0.05, 0) is 18.1 Å². The monoisotopic (exact) mass is 234 g/mol. The summed E-state index contributed by atoms with van der Waals surface area (Å²) >= 11 is 0. The van der Waals surface area contributed by atoms with Gasteiger partial charge in [0.1, 0.15) is 0 Å². The molecule has 0 spiro atoms. The quantitative estimate of drug-likeness (QED) is 0.710. The molecule has 0 aliphatic rings. The fourth-order valence-corrected chi connectivity index (χ4v) is 1.90. The maximum absolute atomic E-state index is 9.10. The molecule has 0 unspecified atom stereocenters. The summed E-state index contributed by atoms with van der Waals surface area (Å²) in [7, 11) is 0. The Kier molecular flexibility index (Phi) is 5.73. The van der Waals surface area contributed by atoms with Crippen LogP contribution in [0, 0.1) is 0 Å². The van der Waals surface area contributed by atoms with Crippen LogP contribution in [-0.4, -0.2) is 24.8 Å². The van der Waals surface area contributed by atoms with E-state index in [0.29, 0.717) is 13.1 Å². The van der Waals surface area contributed by atoms with Crippen molar-refractivity contribution in [1.29, 1.82) is 0 Å². The fourth-order valence-electron chi connectivity index (χ4n) is 1.90. The lowest BCUT2D eigenvalue weighted by Crippen LogP contribution is -2.28. The molecule has 0 bridgehead atoms. The predicted octanol–water partition coefficient (Wildman–Crippen LogP) is 2.08. The van der Waals surface area contributed by atoms with Gasteiger partial charge in [0.05, 0.1) is 6.61 Å². The lowest BCUT2D eigenvalue weighted by Gasteiger charge is -2.27. The van der Waals surface area contributed by atoms with E-state index in [1.54, 1.807) is 0 Å². The molecule has 3 nitrogen and oxygen atoms in total. The van der Waals surface area contributed by atoms with Crippen molar-refractivity contribution in [2.45, 2.75) is 19.4 Å². The molecule has 1 aromatic rings. The molecule has 0 saturated heterocycles. The first-order valence-electron chi connectivity index (χ1n) is 6.05. The number of hydrogen-bond acceptors (Lipinski definition) is 3. The molecule has 3 heteroatoms. The molecule has 0 fully saturated rings. The molecule has 94 valence electrons. The van der Waals surface area contributed by atoms with Crippen molar-refractivity contribution in [3.63, 3.8) is 0 Å². The first-order chi connectivity index (χ1) is 8.24. The molecule has 1 aromatic carbocycles. The summed E-state index contributed by atoms with van der Waals surface area (Å²) in [4.78, 5) is 2.10. The van der Waals surface area contributed by atoms with Crippen LogP contribution >= 0.6 is 0 Å². The van der Waals surface area contributed by atoms with E-state index in [1.807, 2.05) is 24.3 Å². The van der Waals surface area contributed by atoms with Gasteiger partial charge in [-0.1, -0.05) is 31.2 Å². The van der Waals surface area contributed by atoms with Crippen LogP contribution < -0.4 is 10.6 Å². The van der Waals surface area contributed by atoms with Gasteiger partial charge in [0.15, 0.2) is 0 Å². The minimum Gasteiger partial charge on any atom is -0.395 e. The number of benzene rings is 1. The number of aliphatic hydroxyl groups excluding tert-OH is 1. The highest BCUT2D eigenvalue weighted by Crippen LogP contribution is 2.26. The largest absolute Gasteiger partial charge is 0.395 e. The van der Waals surface area contributed by atoms with E-state index < -0.39 is 0 Å². The molecule has 0 saturated carbocycles. The average molecular weight is 234 g/mol. The lowest BCUT2D eigenvalue weighted by atomic mass is 10.0. The molecule has 0 aromatic heterocycles. The maximum Gasteiger partial charge on any atom is 0.0606 e. The molecular formula is C14H22N2O. The second-order valence-electron chi connectivity index (χ2n) is 4.03. The van der Waals surface area contributed by atoms with Crippen LogP contribution in [0.15, 0.2) is 36.9 Å². The minimum absolute atomic E-state index is 0.0391. The van der Waals surface area contributed by atoms with Crippen molar-refractivity contribution in [3.05, 3.63) is 42.5 Å². The molecule has 0 heterocycles. The van der Waals surface area contributed by atoms with E-state index >= 15 is 0 Å². The van der Waals surface area contributed by atoms with Crippen molar-refractivity contribution in [2.75, 3.05) is 24.6 Å². The SMILES string of the molecule is C=CCN(CCO)c1ccccc1[C@H](N)CC. The van der Waals surface area contributed by atoms with Gasteiger partial charge in [-0.25, -0.2) is 0 Å². The van der Waals surface area contributed by atoms with Gasteiger partial charge < -0.3 is 15.7 Å². The second-order valence-corrected chi connectivity index (χ2v) is 4.03. The van der Waals surface area contributed by atoms with Gasteiger partial charge in [0, 0.05) is 24.8 Å². The Morgan fingerprint density at radius 1 is 1.47 bits per heavy atom. The highest BCUT2D eigenvalue weighted by molar-refractivity contribution is 5.55. The normalized spacial score (nSPS) is 12.2. The van der Waals surface area contributed by atoms with Gasteiger partial charge in [0.2, 0.25) is 0 Å². The average Bonchev–Trinajstić information content (AvgIpc) is 2.37. The van der Waals surface area contributed by atoms with E-state index in [0.717, 1.165) is 17.7 Å². The van der Waals surface area contributed by atoms with Gasteiger partial charge >= 0.3 is 0 Å². The third-order valence-corrected chi connectivity index (χ3v) is 2.84. The summed E-state index contributed by atoms with van der Waals surface area (Å²) in [6.07, 6.45) is 2.74. The fraction of sp³-hybridized carbons (Fsp3) is 0.429. The minimum atomic E-state index is 0.0391. The van der Waals surface area contributed by atoms with Crippen molar-refractivity contribution >= 4 is 5.69 Å². The summed E-state index contributed by atoms with van der Waals surface area (Å²) in [5, 5.41) is 9.10. The summed E-state index contributed by atoms with van der Waals surface area (Å²) in [5.41, 5.74) is 8.33. The zero-order chi connectivity index (χ0) is 12.7. The summed E-state index contributed by atoms with van der Waals surface area (Å²) in [6, 6.07) is 8.13. The van der Waals surface area contributed by atoms with Crippen LogP contribution in [0.2, 0.25) is 0 Å². The Balaban J connectivity index is 3.03. The van der Waals surface area contributed by atoms with Crippen molar-refractivity contribution in [1.82, 2.24) is 0 Å². The summed E-state index contributed by atoms with van der Waals surface area (Å²) in [5.74, 6) is 0. The van der Waals surface area contributed by atoms with E-state index in [-0.39, 0.29) is 12.6 Å². The van der Waals surface area contributed by atoms with Gasteiger partial charge in [-0.3, -0.25) is 0 Å². The van der Waals surface area contributed by atoms with Crippen molar-refractivity contribution in [2.24, 2.45) is 5.73 Å². The zero-order valence-corrected chi connectivity index (χ0v) is 10.5. The van der Waals surface area contributed by atoms with Crippen LogP contribution in [0.3, 0.4) is 0 Å². The van der Waals surface area contributed by atoms with Crippen LogP contribution in [0.4, 0.5) is 5.69 Å². The molecule has 17 heavy (non-hydrogen) atoms. The van der Waals surface area contributed by atoms with Gasteiger partial charge in [-0.2, -0.15) is 0 Å². The van der Waals surface area contributed by atoms with E-state index in [2.05, 4.69) is 24.5 Å². The van der Waals surface area contributed by atoms with Crippen molar-refractivity contribution in [3.8, 4) is 0 Å². The molecule has 3 N–H and O–H groups in total. The lowest BCUT2D eigenvalue weighted by molar-refractivity contribution is 0.303. The number of rotatable bonds is 7. The van der Waals surface area contributed by atoms with Crippen LogP contribution in [0.1, 0.15) is 24.9 Å². The number of para-hydroxylation sites is 1. The zero-order valence-electron chi connectivity index (χ0n) is 10.5. The first-order valence-corrected chi connectivity index (χ1v) is 6.05. The third kappa shape index (κ3) is 3.58. The molecule has 0 aliphatic heterocycles. The molecule has 0 radical (unpaired) electrons. The first kappa shape index (κ1) is 13.7. The Labute approximate surface area is 104 Å². The Hall–Kier alpha value is -1.32. The Morgan fingerprint density at radius 2 is 2.18 bits per heavy atom. The van der Waals surface area contributed by atoms with Crippen molar-refractivity contribution < 1.29 is 5.11 Å². The van der Waals surface area contributed by atoms with E-state index in [1.165, 1.54) is 0 Å². The number of anilines is 1. The Bertz CT molecular complexity index is 352. The number of hydrogen-bond donors (Lipinski definition) is 2. The van der Waals surface area contributed by atoms with Crippen LogP contribution in [0.25, 0.3) is 0 Å². The highest BCUT2D eigenvalue weighted by Gasteiger charge is 2.13. The van der Waals surface area contributed by atoms with Crippen LogP contribution in [0.5, 0.6) is 0 Å². The number of aliphatic hydroxyl groups is 1. The summed E-state index contributed by atoms with van der Waals surface area (Å²) in [6.45, 7) is 7.26. The van der Waals surface area contributed by atoms with Crippen LogP contribution in [-0.2, 0) is 0 Å². The number of nitrogens with zero attached hydrogens (tertiary/aromatic N) is 1. The molecular weight excluding hydrogens is 212 g/mol. The standard InChI is InChI=1S/C14H22N2O/c1-3-9-16(10-11-17)14-8-6-5-7-12(14)13(15)4-2/h3,5-8,13,17H,1,4,9-11,15H2,2H3/t13-/m1/s1. The molecule has 1 atom stereocenters.